The highest BCUT2D eigenvalue weighted by atomic mass is 16.2. The van der Waals surface area contributed by atoms with Crippen molar-refractivity contribution in [2.45, 2.75) is 20.3 Å². The minimum atomic E-state index is 0.192. The third-order valence-electron chi connectivity index (χ3n) is 4.08. The number of rotatable bonds is 3. The molecule has 1 aliphatic rings. The molecule has 0 spiro atoms. The normalized spacial score (nSPS) is 14.9. The van der Waals surface area contributed by atoms with Crippen LogP contribution in [0.2, 0.25) is 0 Å². The number of piperazine rings is 1. The molecule has 1 amide bonds. The van der Waals surface area contributed by atoms with Crippen LogP contribution in [0.5, 0.6) is 0 Å². The lowest BCUT2D eigenvalue weighted by Gasteiger charge is -2.35. The van der Waals surface area contributed by atoms with E-state index in [1.54, 1.807) is 0 Å². The van der Waals surface area contributed by atoms with Crippen LogP contribution in [-0.4, -0.2) is 47.0 Å². The molecule has 5 heteroatoms. The lowest BCUT2D eigenvalue weighted by molar-refractivity contribution is -0.130. The van der Waals surface area contributed by atoms with Crippen molar-refractivity contribution in [3.05, 3.63) is 53.3 Å². The van der Waals surface area contributed by atoms with Crippen LogP contribution in [0.25, 0.3) is 0 Å². The summed E-state index contributed by atoms with van der Waals surface area (Å²) in [4.78, 5) is 25.5. The summed E-state index contributed by atoms with van der Waals surface area (Å²) in [6, 6.07) is 11.9. The van der Waals surface area contributed by atoms with Gasteiger partial charge in [-0.1, -0.05) is 30.3 Å². The molecule has 1 aliphatic heterocycles. The predicted molar refractivity (Wildman–Crippen MR) is 90.4 cm³/mol. The minimum absolute atomic E-state index is 0.192. The molecule has 0 N–H and O–H groups in total. The number of aryl methyl sites for hydroxylation is 2. The van der Waals surface area contributed by atoms with E-state index in [0.29, 0.717) is 6.42 Å². The zero-order chi connectivity index (χ0) is 16.2. The van der Waals surface area contributed by atoms with E-state index >= 15 is 0 Å². The number of anilines is 1. The van der Waals surface area contributed by atoms with Crippen molar-refractivity contribution in [2.75, 3.05) is 31.1 Å². The summed E-state index contributed by atoms with van der Waals surface area (Å²) >= 11 is 0. The van der Waals surface area contributed by atoms with Crippen molar-refractivity contribution < 1.29 is 4.79 Å². The second kappa shape index (κ2) is 6.77. The minimum Gasteiger partial charge on any atom is -0.339 e. The number of hydrogen-bond acceptors (Lipinski definition) is 4. The maximum atomic E-state index is 12.4. The Morgan fingerprint density at radius 3 is 2.22 bits per heavy atom. The molecule has 1 saturated heterocycles. The first-order valence-electron chi connectivity index (χ1n) is 8.01. The quantitative estimate of drug-likeness (QED) is 0.870. The molecule has 5 nitrogen and oxygen atoms in total. The second-order valence-electron chi connectivity index (χ2n) is 5.98. The maximum absolute atomic E-state index is 12.4. The van der Waals surface area contributed by atoms with Gasteiger partial charge in [-0.3, -0.25) is 4.79 Å². The van der Waals surface area contributed by atoms with Crippen LogP contribution in [0.1, 0.15) is 17.0 Å². The summed E-state index contributed by atoms with van der Waals surface area (Å²) in [6.07, 6.45) is 0.473. The van der Waals surface area contributed by atoms with Gasteiger partial charge in [0.25, 0.3) is 0 Å². The average molecular weight is 310 g/mol. The van der Waals surface area contributed by atoms with Crippen LogP contribution in [0.3, 0.4) is 0 Å². The highest BCUT2D eigenvalue weighted by Gasteiger charge is 2.22. The molecule has 2 heterocycles. The summed E-state index contributed by atoms with van der Waals surface area (Å²) in [5.41, 5.74) is 3.03. The average Bonchev–Trinajstić information content (AvgIpc) is 2.55. The van der Waals surface area contributed by atoms with Gasteiger partial charge in [0.05, 0.1) is 6.42 Å². The van der Waals surface area contributed by atoms with E-state index in [1.165, 1.54) is 0 Å². The molecule has 0 radical (unpaired) electrons. The van der Waals surface area contributed by atoms with Gasteiger partial charge >= 0.3 is 0 Å². The highest BCUT2D eigenvalue weighted by Crippen LogP contribution is 2.14. The Labute approximate surface area is 137 Å². The third kappa shape index (κ3) is 3.86. The number of benzene rings is 1. The maximum Gasteiger partial charge on any atom is 0.227 e. The number of carbonyl (C=O) groups excluding carboxylic acids is 1. The van der Waals surface area contributed by atoms with E-state index in [9.17, 15) is 4.79 Å². The van der Waals surface area contributed by atoms with Crippen LogP contribution in [0.15, 0.2) is 36.4 Å². The van der Waals surface area contributed by atoms with Crippen molar-refractivity contribution in [1.82, 2.24) is 14.9 Å². The van der Waals surface area contributed by atoms with Gasteiger partial charge in [0.15, 0.2) is 0 Å². The van der Waals surface area contributed by atoms with Crippen molar-refractivity contribution in [3.63, 3.8) is 0 Å². The topological polar surface area (TPSA) is 49.3 Å². The summed E-state index contributed by atoms with van der Waals surface area (Å²) in [5, 5.41) is 0. The van der Waals surface area contributed by atoms with Gasteiger partial charge in [-0.25, -0.2) is 9.97 Å². The first-order chi connectivity index (χ1) is 11.1. The molecule has 0 unspecified atom stereocenters. The third-order valence-corrected chi connectivity index (χ3v) is 4.08. The summed E-state index contributed by atoms with van der Waals surface area (Å²) in [5.74, 6) is 0.967. The first kappa shape index (κ1) is 15.5. The van der Waals surface area contributed by atoms with E-state index < -0.39 is 0 Å². The summed E-state index contributed by atoms with van der Waals surface area (Å²) in [6.45, 7) is 6.98. The molecule has 1 fully saturated rings. The van der Waals surface area contributed by atoms with Crippen LogP contribution in [-0.2, 0) is 11.2 Å². The fourth-order valence-electron chi connectivity index (χ4n) is 2.89. The Balaban J connectivity index is 1.58. The largest absolute Gasteiger partial charge is 0.339 e. The number of aromatic nitrogens is 2. The molecule has 1 aromatic heterocycles. The predicted octanol–water partition coefficient (Wildman–Crippen LogP) is 1.98. The Morgan fingerprint density at radius 2 is 1.61 bits per heavy atom. The van der Waals surface area contributed by atoms with E-state index in [-0.39, 0.29) is 5.91 Å². The molecule has 0 atom stereocenters. The molecular weight excluding hydrogens is 288 g/mol. The van der Waals surface area contributed by atoms with Crippen molar-refractivity contribution in [2.24, 2.45) is 0 Å². The second-order valence-corrected chi connectivity index (χ2v) is 5.98. The molecule has 0 aliphatic carbocycles. The zero-order valence-corrected chi connectivity index (χ0v) is 13.7. The summed E-state index contributed by atoms with van der Waals surface area (Å²) in [7, 11) is 0. The van der Waals surface area contributed by atoms with E-state index in [1.807, 2.05) is 55.1 Å². The van der Waals surface area contributed by atoms with E-state index in [4.69, 9.17) is 0 Å². The Bertz CT molecular complexity index is 658. The Hall–Kier alpha value is -2.43. The van der Waals surface area contributed by atoms with Crippen LogP contribution in [0, 0.1) is 13.8 Å². The van der Waals surface area contributed by atoms with Gasteiger partial charge in [-0.15, -0.1) is 0 Å². The van der Waals surface area contributed by atoms with Gasteiger partial charge in [-0.2, -0.15) is 0 Å². The molecule has 0 saturated carbocycles. The van der Waals surface area contributed by atoms with Crippen LogP contribution >= 0.6 is 0 Å². The van der Waals surface area contributed by atoms with Gasteiger partial charge in [0, 0.05) is 37.6 Å². The number of amides is 1. The fourth-order valence-corrected chi connectivity index (χ4v) is 2.89. The number of carbonyl (C=O) groups is 1. The van der Waals surface area contributed by atoms with Crippen LogP contribution < -0.4 is 4.90 Å². The lowest BCUT2D eigenvalue weighted by atomic mass is 10.1. The first-order valence-corrected chi connectivity index (χ1v) is 8.01. The molecule has 23 heavy (non-hydrogen) atoms. The fraction of sp³-hybridized carbons (Fsp3) is 0.389. The van der Waals surface area contributed by atoms with Gasteiger partial charge < -0.3 is 9.80 Å². The summed E-state index contributed by atoms with van der Waals surface area (Å²) < 4.78 is 0. The number of nitrogens with zero attached hydrogens (tertiary/aromatic N) is 4. The van der Waals surface area contributed by atoms with E-state index in [0.717, 1.165) is 49.1 Å². The number of hydrogen-bond donors (Lipinski definition) is 0. The monoisotopic (exact) mass is 310 g/mol. The Morgan fingerprint density at radius 1 is 1.00 bits per heavy atom. The smallest absolute Gasteiger partial charge is 0.227 e. The molecule has 3 rings (SSSR count). The van der Waals surface area contributed by atoms with Gasteiger partial charge in [0.2, 0.25) is 11.9 Å². The van der Waals surface area contributed by atoms with Crippen molar-refractivity contribution in [1.29, 1.82) is 0 Å². The van der Waals surface area contributed by atoms with Crippen molar-refractivity contribution >= 4 is 11.9 Å². The Kier molecular flexibility index (Phi) is 4.55. The van der Waals surface area contributed by atoms with Gasteiger partial charge in [0.1, 0.15) is 0 Å². The molecule has 2 aromatic rings. The van der Waals surface area contributed by atoms with E-state index in [2.05, 4.69) is 14.9 Å². The molecule has 120 valence electrons. The zero-order valence-electron chi connectivity index (χ0n) is 13.7. The SMILES string of the molecule is Cc1cc(C)nc(N2CCN(C(=O)Cc3ccccc3)CC2)n1. The molecule has 1 aromatic carbocycles. The standard InChI is InChI=1S/C18H22N4O/c1-14-12-15(2)20-18(19-14)22-10-8-21(9-11-22)17(23)13-16-6-4-3-5-7-16/h3-7,12H,8-11,13H2,1-2H3. The molecular formula is C18H22N4O. The highest BCUT2D eigenvalue weighted by molar-refractivity contribution is 5.79. The van der Waals surface area contributed by atoms with Gasteiger partial charge in [-0.05, 0) is 25.5 Å². The lowest BCUT2D eigenvalue weighted by Crippen LogP contribution is -2.49. The van der Waals surface area contributed by atoms with Crippen molar-refractivity contribution in [3.8, 4) is 0 Å². The molecule has 0 bridgehead atoms. The van der Waals surface area contributed by atoms with Crippen LogP contribution in [0.4, 0.5) is 5.95 Å².